The molecule has 3 fully saturated rings. The molecule has 1 aromatic rings. The van der Waals surface area contributed by atoms with Gasteiger partial charge in [0.05, 0.1) is 0 Å². The molecule has 0 amide bonds. The van der Waals surface area contributed by atoms with Crippen LogP contribution < -0.4 is 0 Å². The van der Waals surface area contributed by atoms with Gasteiger partial charge in [0.15, 0.2) is 0 Å². The molecule has 4 rings (SSSR count). The maximum absolute atomic E-state index is 14.0. The Kier molecular flexibility index (Phi) is 6.38. The number of hydrogen-bond acceptors (Lipinski definition) is 1. The summed E-state index contributed by atoms with van der Waals surface area (Å²) >= 11 is 0. The molecule has 1 nitrogen and oxygen atoms in total. The molecule has 0 spiro atoms. The lowest BCUT2D eigenvalue weighted by Crippen LogP contribution is -2.34. The van der Waals surface area contributed by atoms with Crippen LogP contribution in [0.15, 0.2) is 24.3 Å². The number of nitriles is 1. The van der Waals surface area contributed by atoms with E-state index in [2.05, 4.69) is 19.1 Å². The van der Waals surface area contributed by atoms with Crippen molar-refractivity contribution in [2.75, 3.05) is 0 Å². The molecule has 0 saturated heterocycles. The van der Waals surface area contributed by atoms with E-state index in [4.69, 9.17) is 5.26 Å². The van der Waals surface area contributed by atoms with Crippen LogP contribution in [0.2, 0.25) is 0 Å². The zero-order chi connectivity index (χ0) is 20.4. The summed E-state index contributed by atoms with van der Waals surface area (Å²) in [7, 11) is 0. The summed E-state index contributed by atoms with van der Waals surface area (Å²) in [6, 6.07) is 4.40. The van der Waals surface area contributed by atoms with Gasteiger partial charge in [-0.05, 0) is 124 Å². The molecule has 0 N–H and O–H groups in total. The van der Waals surface area contributed by atoms with E-state index < -0.39 is 17.2 Å². The highest BCUT2D eigenvalue weighted by atomic mass is 19.1. The second kappa shape index (κ2) is 8.99. The first-order valence-electron chi connectivity index (χ1n) is 11.6. The van der Waals surface area contributed by atoms with Crippen molar-refractivity contribution in [2.45, 2.75) is 77.0 Å². The van der Waals surface area contributed by atoms with Crippen molar-refractivity contribution in [1.82, 2.24) is 0 Å². The highest BCUT2D eigenvalue weighted by molar-refractivity contribution is 5.36. The Bertz CT molecular complexity index is 761. The van der Waals surface area contributed by atoms with Crippen LogP contribution in [-0.2, 0) is 0 Å². The Morgan fingerprint density at radius 2 is 1.38 bits per heavy atom. The Hall–Kier alpha value is -1.69. The number of hydrogen-bond donors (Lipinski definition) is 0. The number of fused-ring (bicyclic) bond motifs is 1. The summed E-state index contributed by atoms with van der Waals surface area (Å²) in [4.78, 5) is 0. The highest BCUT2D eigenvalue weighted by Crippen LogP contribution is 2.50. The van der Waals surface area contributed by atoms with Crippen LogP contribution in [0.4, 0.5) is 8.78 Å². The zero-order valence-corrected chi connectivity index (χ0v) is 17.5. The Morgan fingerprint density at radius 1 is 0.828 bits per heavy atom. The van der Waals surface area contributed by atoms with Gasteiger partial charge in [0.25, 0.3) is 0 Å². The molecular weight excluding hydrogens is 364 g/mol. The lowest BCUT2D eigenvalue weighted by atomic mass is 9.61. The van der Waals surface area contributed by atoms with Crippen molar-refractivity contribution < 1.29 is 8.78 Å². The minimum Gasteiger partial charge on any atom is -0.205 e. The molecule has 3 heteroatoms. The van der Waals surface area contributed by atoms with Crippen molar-refractivity contribution in [3.8, 4) is 6.07 Å². The van der Waals surface area contributed by atoms with E-state index in [0.29, 0.717) is 0 Å². The third kappa shape index (κ3) is 4.42. The largest absolute Gasteiger partial charge is 0.205 e. The van der Waals surface area contributed by atoms with E-state index in [-0.39, 0.29) is 5.92 Å². The number of benzene rings is 1. The van der Waals surface area contributed by atoms with E-state index in [1.54, 1.807) is 6.07 Å². The molecule has 3 aliphatic rings. The molecule has 3 aliphatic carbocycles. The summed E-state index contributed by atoms with van der Waals surface area (Å²) in [6.07, 6.45) is 17.4. The molecule has 0 bridgehead atoms. The van der Waals surface area contributed by atoms with E-state index >= 15 is 0 Å². The normalized spacial score (nSPS) is 35.2. The molecule has 4 unspecified atom stereocenters. The summed E-state index contributed by atoms with van der Waals surface area (Å²) in [5, 5.41) is 8.87. The van der Waals surface area contributed by atoms with Crippen LogP contribution in [0.3, 0.4) is 0 Å². The Morgan fingerprint density at radius 3 is 2.00 bits per heavy atom. The number of rotatable bonds is 3. The maximum atomic E-state index is 14.0. The SMILES string of the molecule is C/C=C/C1CCC2CC(C3CCC(c4cc(F)c(C#N)c(F)c4)CC3)CCC2C1. The minimum atomic E-state index is -0.712. The van der Waals surface area contributed by atoms with Gasteiger partial charge in [-0.3, -0.25) is 0 Å². The molecule has 156 valence electrons. The van der Waals surface area contributed by atoms with E-state index in [1.807, 2.05) is 0 Å². The third-order valence-electron chi connectivity index (χ3n) is 8.24. The van der Waals surface area contributed by atoms with E-state index in [0.717, 1.165) is 48.0 Å². The number of halogens is 2. The van der Waals surface area contributed by atoms with Crippen LogP contribution in [0.5, 0.6) is 0 Å². The quantitative estimate of drug-likeness (QED) is 0.484. The molecule has 4 atom stereocenters. The number of nitrogens with zero attached hydrogens (tertiary/aromatic N) is 1. The molecule has 0 aromatic heterocycles. The first-order chi connectivity index (χ1) is 14.1. The van der Waals surface area contributed by atoms with Gasteiger partial charge >= 0.3 is 0 Å². The van der Waals surface area contributed by atoms with E-state index in [9.17, 15) is 8.78 Å². The van der Waals surface area contributed by atoms with Gasteiger partial charge in [-0.1, -0.05) is 12.2 Å². The van der Waals surface area contributed by atoms with Gasteiger partial charge in [-0.25, -0.2) is 8.78 Å². The van der Waals surface area contributed by atoms with Crippen molar-refractivity contribution in [3.63, 3.8) is 0 Å². The van der Waals surface area contributed by atoms with Gasteiger partial charge in [-0.15, -0.1) is 0 Å². The van der Waals surface area contributed by atoms with Crippen molar-refractivity contribution in [2.24, 2.45) is 29.6 Å². The maximum Gasteiger partial charge on any atom is 0.144 e. The minimum absolute atomic E-state index is 0.232. The van der Waals surface area contributed by atoms with Gasteiger partial charge in [0, 0.05) is 0 Å². The van der Waals surface area contributed by atoms with E-state index in [1.165, 1.54) is 63.5 Å². The zero-order valence-electron chi connectivity index (χ0n) is 17.5. The summed E-state index contributed by atoms with van der Waals surface area (Å²) in [5.74, 6) is 3.11. The van der Waals surface area contributed by atoms with Crippen LogP contribution >= 0.6 is 0 Å². The van der Waals surface area contributed by atoms with Crippen LogP contribution in [0.25, 0.3) is 0 Å². The Labute approximate surface area is 174 Å². The molecule has 1 aromatic carbocycles. The van der Waals surface area contributed by atoms with Crippen molar-refractivity contribution in [1.29, 1.82) is 5.26 Å². The van der Waals surface area contributed by atoms with Gasteiger partial charge in [0.2, 0.25) is 0 Å². The van der Waals surface area contributed by atoms with Crippen LogP contribution in [0.1, 0.15) is 88.2 Å². The molecular formula is C26H33F2N. The average Bonchev–Trinajstić information content (AvgIpc) is 2.73. The fraction of sp³-hybridized carbons (Fsp3) is 0.654. The topological polar surface area (TPSA) is 23.8 Å². The smallest absolute Gasteiger partial charge is 0.144 e. The average molecular weight is 398 g/mol. The fourth-order valence-electron chi connectivity index (χ4n) is 6.70. The standard InChI is InChI=1S/C26H33F2N/c1-2-3-17-4-5-22-13-21(11-10-20(22)12-17)18-6-8-19(9-7-18)23-14-25(27)24(16-29)26(28)15-23/h2-3,14-15,17-22H,4-13H2,1H3/b3-2+. The second-order valence-corrected chi connectivity index (χ2v) is 9.78. The van der Waals surface area contributed by atoms with Crippen molar-refractivity contribution >= 4 is 0 Å². The number of allylic oxidation sites excluding steroid dienone is 2. The Balaban J connectivity index is 1.32. The summed E-state index contributed by atoms with van der Waals surface area (Å²) in [6.45, 7) is 2.14. The van der Waals surface area contributed by atoms with Crippen molar-refractivity contribution in [3.05, 3.63) is 47.0 Å². The highest BCUT2D eigenvalue weighted by Gasteiger charge is 2.38. The first-order valence-corrected chi connectivity index (χ1v) is 11.6. The summed E-state index contributed by atoms with van der Waals surface area (Å²) in [5.41, 5.74) is 0.284. The fourth-order valence-corrected chi connectivity index (χ4v) is 6.70. The molecule has 29 heavy (non-hydrogen) atoms. The van der Waals surface area contributed by atoms with Gasteiger partial charge in [-0.2, -0.15) is 5.26 Å². The first kappa shape index (κ1) is 20.6. The van der Waals surface area contributed by atoms with Gasteiger partial charge < -0.3 is 0 Å². The molecule has 3 saturated carbocycles. The molecule has 0 heterocycles. The molecule has 0 radical (unpaired) electrons. The van der Waals surface area contributed by atoms with Crippen LogP contribution in [0, 0.1) is 52.6 Å². The molecule has 0 aliphatic heterocycles. The predicted octanol–water partition coefficient (Wildman–Crippen LogP) is 7.52. The monoisotopic (exact) mass is 397 g/mol. The van der Waals surface area contributed by atoms with Gasteiger partial charge in [0.1, 0.15) is 23.3 Å². The lowest BCUT2D eigenvalue weighted by Gasteiger charge is -2.45. The summed E-state index contributed by atoms with van der Waals surface area (Å²) < 4.78 is 28.0. The lowest BCUT2D eigenvalue weighted by molar-refractivity contribution is 0.0718. The predicted molar refractivity (Wildman–Crippen MR) is 112 cm³/mol. The second-order valence-electron chi connectivity index (χ2n) is 9.78. The third-order valence-corrected chi connectivity index (χ3v) is 8.24. The van der Waals surface area contributed by atoms with Crippen LogP contribution in [-0.4, -0.2) is 0 Å².